The Morgan fingerprint density at radius 1 is 1.13 bits per heavy atom. The van der Waals surface area contributed by atoms with Crippen molar-refractivity contribution in [2.45, 2.75) is 26.5 Å². The molecule has 0 saturated heterocycles. The highest BCUT2D eigenvalue weighted by Crippen LogP contribution is 2.19. The SMILES string of the molecule is CC(C)Oc1cccc(CNC(=O)c2cc3ccccc3o2)c1. The van der Waals surface area contributed by atoms with Gasteiger partial charge in [0.05, 0.1) is 6.10 Å². The maximum atomic E-state index is 12.2. The molecule has 0 unspecified atom stereocenters. The summed E-state index contributed by atoms with van der Waals surface area (Å²) in [5.74, 6) is 0.896. The Labute approximate surface area is 135 Å². The van der Waals surface area contributed by atoms with Crippen LogP contribution in [-0.2, 0) is 6.54 Å². The fourth-order valence-corrected chi connectivity index (χ4v) is 2.36. The molecule has 0 spiro atoms. The molecular formula is C19H19NO3. The first kappa shape index (κ1) is 15.2. The molecule has 23 heavy (non-hydrogen) atoms. The number of hydrogen-bond acceptors (Lipinski definition) is 3. The summed E-state index contributed by atoms with van der Waals surface area (Å²) < 4.78 is 11.2. The van der Waals surface area contributed by atoms with Crippen LogP contribution in [-0.4, -0.2) is 12.0 Å². The quantitative estimate of drug-likeness (QED) is 0.770. The van der Waals surface area contributed by atoms with Crippen molar-refractivity contribution in [1.29, 1.82) is 0 Å². The van der Waals surface area contributed by atoms with Crippen molar-refractivity contribution in [3.8, 4) is 5.75 Å². The van der Waals surface area contributed by atoms with Crippen LogP contribution in [0.4, 0.5) is 0 Å². The topological polar surface area (TPSA) is 51.5 Å². The van der Waals surface area contributed by atoms with Gasteiger partial charge in [-0.1, -0.05) is 30.3 Å². The standard InChI is InChI=1S/C19H19NO3/c1-13(2)22-16-8-5-6-14(10-16)12-20-19(21)18-11-15-7-3-4-9-17(15)23-18/h3-11,13H,12H2,1-2H3,(H,20,21). The van der Waals surface area contributed by atoms with E-state index >= 15 is 0 Å². The predicted octanol–water partition coefficient (Wildman–Crippen LogP) is 4.15. The first-order valence-corrected chi connectivity index (χ1v) is 7.64. The Morgan fingerprint density at radius 3 is 2.74 bits per heavy atom. The maximum absolute atomic E-state index is 12.2. The van der Waals surface area contributed by atoms with Crippen molar-refractivity contribution in [2.75, 3.05) is 0 Å². The molecule has 1 amide bonds. The van der Waals surface area contributed by atoms with E-state index in [0.29, 0.717) is 17.9 Å². The van der Waals surface area contributed by atoms with Gasteiger partial charge in [-0.05, 0) is 43.7 Å². The van der Waals surface area contributed by atoms with Gasteiger partial charge in [0, 0.05) is 11.9 Å². The molecule has 0 aliphatic carbocycles. The molecule has 118 valence electrons. The van der Waals surface area contributed by atoms with Crippen LogP contribution in [0, 0.1) is 0 Å². The number of amides is 1. The molecule has 0 bridgehead atoms. The zero-order valence-corrected chi connectivity index (χ0v) is 13.2. The van der Waals surface area contributed by atoms with Crippen LogP contribution in [0.15, 0.2) is 59.0 Å². The van der Waals surface area contributed by atoms with Crippen molar-refractivity contribution >= 4 is 16.9 Å². The van der Waals surface area contributed by atoms with Crippen LogP contribution in [0.1, 0.15) is 30.0 Å². The Bertz CT molecular complexity index is 787. The normalized spacial score (nSPS) is 10.9. The number of benzene rings is 2. The number of fused-ring (bicyclic) bond motifs is 1. The number of furan rings is 1. The molecule has 1 N–H and O–H groups in total. The number of hydrogen-bond donors (Lipinski definition) is 1. The number of carbonyl (C=O) groups is 1. The molecule has 0 aliphatic rings. The summed E-state index contributed by atoms with van der Waals surface area (Å²) in [5, 5.41) is 3.79. The second-order valence-corrected chi connectivity index (χ2v) is 5.65. The number of nitrogens with one attached hydrogen (secondary N) is 1. The Morgan fingerprint density at radius 2 is 1.96 bits per heavy atom. The predicted molar refractivity (Wildman–Crippen MR) is 89.6 cm³/mol. The zero-order valence-electron chi connectivity index (χ0n) is 13.2. The molecule has 3 aromatic rings. The average molecular weight is 309 g/mol. The summed E-state index contributed by atoms with van der Waals surface area (Å²) in [4.78, 5) is 12.2. The van der Waals surface area contributed by atoms with E-state index in [1.165, 1.54) is 0 Å². The van der Waals surface area contributed by atoms with E-state index in [0.717, 1.165) is 16.7 Å². The molecule has 0 aliphatic heterocycles. The third-order valence-corrected chi connectivity index (χ3v) is 3.37. The minimum Gasteiger partial charge on any atom is -0.491 e. The summed E-state index contributed by atoms with van der Waals surface area (Å²) in [6.45, 7) is 4.39. The fourth-order valence-electron chi connectivity index (χ4n) is 2.36. The van der Waals surface area contributed by atoms with Gasteiger partial charge in [0.25, 0.3) is 5.91 Å². The van der Waals surface area contributed by atoms with Crippen LogP contribution >= 0.6 is 0 Å². The van der Waals surface area contributed by atoms with Gasteiger partial charge in [0.1, 0.15) is 11.3 Å². The van der Waals surface area contributed by atoms with Gasteiger partial charge >= 0.3 is 0 Å². The Balaban J connectivity index is 1.66. The Kier molecular flexibility index (Phi) is 4.33. The highest BCUT2D eigenvalue weighted by molar-refractivity contribution is 5.96. The lowest BCUT2D eigenvalue weighted by Crippen LogP contribution is -2.22. The monoisotopic (exact) mass is 309 g/mol. The molecule has 0 radical (unpaired) electrons. The van der Waals surface area contributed by atoms with E-state index in [1.807, 2.05) is 62.4 Å². The van der Waals surface area contributed by atoms with Gasteiger partial charge in [-0.3, -0.25) is 4.79 Å². The molecule has 4 nitrogen and oxygen atoms in total. The Hall–Kier alpha value is -2.75. The number of ether oxygens (including phenoxy) is 1. The van der Waals surface area contributed by atoms with Gasteiger partial charge in [-0.2, -0.15) is 0 Å². The molecule has 4 heteroatoms. The van der Waals surface area contributed by atoms with Gasteiger partial charge in [0.15, 0.2) is 5.76 Å². The molecule has 1 heterocycles. The minimum atomic E-state index is -0.226. The molecule has 0 atom stereocenters. The molecule has 0 fully saturated rings. The fraction of sp³-hybridized carbons (Fsp3) is 0.211. The average Bonchev–Trinajstić information content (AvgIpc) is 2.96. The first-order chi connectivity index (χ1) is 11.1. The number of carbonyl (C=O) groups excluding carboxylic acids is 1. The van der Waals surface area contributed by atoms with Crippen molar-refractivity contribution in [1.82, 2.24) is 5.32 Å². The minimum absolute atomic E-state index is 0.121. The van der Waals surface area contributed by atoms with E-state index in [1.54, 1.807) is 6.07 Å². The van der Waals surface area contributed by atoms with Crippen LogP contribution in [0.25, 0.3) is 11.0 Å². The van der Waals surface area contributed by atoms with Crippen molar-refractivity contribution in [2.24, 2.45) is 0 Å². The van der Waals surface area contributed by atoms with E-state index < -0.39 is 0 Å². The third-order valence-electron chi connectivity index (χ3n) is 3.37. The number of rotatable bonds is 5. The lowest BCUT2D eigenvalue weighted by atomic mass is 10.2. The van der Waals surface area contributed by atoms with Crippen LogP contribution in [0.2, 0.25) is 0 Å². The maximum Gasteiger partial charge on any atom is 0.287 e. The summed E-state index contributed by atoms with van der Waals surface area (Å²) in [7, 11) is 0. The van der Waals surface area contributed by atoms with E-state index in [2.05, 4.69) is 5.32 Å². The summed E-state index contributed by atoms with van der Waals surface area (Å²) in [6.07, 6.45) is 0.121. The highest BCUT2D eigenvalue weighted by Gasteiger charge is 2.11. The van der Waals surface area contributed by atoms with Crippen molar-refractivity contribution < 1.29 is 13.9 Å². The molecule has 0 saturated carbocycles. The van der Waals surface area contributed by atoms with Gasteiger partial charge in [-0.15, -0.1) is 0 Å². The second-order valence-electron chi connectivity index (χ2n) is 5.65. The summed E-state index contributed by atoms with van der Waals surface area (Å²) in [6, 6.07) is 17.0. The van der Waals surface area contributed by atoms with Gasteiger partial charge in [0.2, 0.25) is 0 Å². The third kappa shape index (κ3) is 3.72. The van der Waals surface area contributed by atoms with E-state index in [-0.39, 0.29) is 12.0 Å². The summed E-state index contributed by atoms with van der Waals surface area (Å²) >= 11 is 0. The van der Waals surface area contributed by atoms with E-state index in [9.17, 15) is 4.79 Å². The molecule has 2 aromatic carbocycles. The highest BCUT2D eigenvalue weighted by atomic mass is 16.5. The lowest BCUT2D eigenvalue weighted by Gasteiger charge is -2.11. The summed E-state index contributed by atoms with van der Waals surface area (Å²) in [5.41, 5.74) is 1.69. The molecule has 1 aromatic heterocycles. The van der Waals surface area contributed by atoms with E-state index in [4.69, 9.17) is 9.15 Å². The number of para-hydroxylation sites is 1. The smallest absolute Gasteiger partial charge is 0.287 e. The van der Waals surface area contributed by atoms with Gasteiger partial charge < -0.3 is 14.5 Å². The molecular weight excluding hydrogens is 290 g/mol. The van der Waals surface area contributed by atoms with Crippen LogP contribution in [0.5, 0.6) is 5.75 Å². The van der Waals surface area contributed by atoms with Crippen LogP contribution < -0.4 is 10.1 Å². The zero-order chi connectivity index (χ0) is 16.2. The first-order valence-electron chi connectivity index (χ1n) is 7.64. The molecule has 3 rings (SSSR count). The van der Waals surface area contributed by atoms with Crippen molar-refractivity contribution in [3.05, 3.63) is 65.9 Å². The lowest BCUT2D eigenvalue weighted by molar-refractivity contribution is 0.0925. The van der Waals surface area contributed by atoms with Crippen LogP contribution in [0.3, 0.4) is 0 Å². The van der Waals surface area contributed by atoms with Gasteiger partial charge in [-0.25, -0.2) is 0 Å². The van der Waals surface area contributed by atoms with Crippen molar-refractivity contribution in [3.63, 3.8) is 0 Å². The largest absolute Gasteiger partial charge is 0.491 e. The second kappa shape index (κ2) is 6.57.